The second-order valence-corrected chi connectivity index (χ2v) is 8.56. The number of rotatable bonds is 3. The molecule has 9 nitrogen and oxygen atoms in total. The van der Waals surface area contributed by atoms with Gasteiger partial charge in [0.25, 0.3) is 5.56 Å². The minimum absolute atomic E-state index is 0.0687. The molecule has 4 rings (SSSR count). The largest absolute Gasteiger partial charge is 0.444 e. The molecule has 3 aromatic rings. The number of likely N-dealkylation sites (tertiary alicyclic amines) is 1. The Morgan fingerprint density at radius 3 is 2.90 bits per heavy atom. The van der Waals surface area contributed by atoms with Gasteiger partial charge in [0.15, 0.2) is 5.65 Å². The van der Waals surface area contributed by atoms with Gasteiger partial charge in [-0.25, -0.2) is 14.5 Å². The zero-order valence-electron chi connectivity index (χ0n) is 17.5. The van der Waals surface area contributed by atoms with Crippen LogP contribution in [-0.4, -0.2) is 54.4 Å². The van der Waals surface area contributed by atoms with Crippen LogP contribution in [0.4, 0.5) is 4.79 Å². The van der Waals surface area contributed by atoms with Crippen LogP contribution in [-0.2, 0) is 11.2 Å². The average Bonchev–Trinajstić information content (AvgIpc) is 3.12. The van der Waals surface area contributed by atoms with Gasteiger partial charge >= 0.3 is 6.09 Å². The lowest BCUT2D eigenvalue weighted by Gasteiger charge is -2.34. The molecule has 3 aromatic heterocycles. The molecule has 0 aromatic carbocycles. The van der Waals surface area contributed by atoms with E-state index in [2.05, 4.69) is 20.1 Å². The van der Waals surface area contributed by atoms with Gasteiger partial charge in [0.1, 0.15) is 16.8 Å². The van der Waals surface area contributed by atoms with Crippen molar-refractivity contribution in [1.29, 1.82) is 0 Å². The van der Waals surface area contributed by atoms with Crippen LogP contribution in [0.1, 0.15) is 51.2 Å². The molecule has 158 valence electrons. The van der Waals surface area contributed by atoms with Gasteiger partial charge in [-0.1, -0.05) is 6.07 Å². The Labute approximate surface area is 174 Å². The lowest BCUT2D eigenvalue weighted by Crippen LogP contribution is -2.43. The molecule has 1 aliphatic rings. The van der Waals surface area contributed by atoms with Crippen molar-refractivity contribution in [1.82, 2.24) is 29.6 Å². The highest BCUT2D eigenvalue weighted by Gasteiger charge is 2.30. The van der Waals surface area contributed by atoms with Crippen molar-refractivity contribution in [2.45, 2.75) is 51.7 Å². The summed E-state index contributed by atoms with van der Waals surface area (Å²) < 4.78 is 7.28. The van der Waals surface area contributed by atoms with Crippen LogP contribution in [0.15, 0.2) is 35.4 Å². The molecular formula is C21H26N6O3. The van der Waals surface area contributed by atoms with E-state index in [0.29, 0.717) is 36.4 Å². The van der Waals surface area contributed by atoms with Gasteiger partial charge in [-0.05, 0) is 45.7 Å². The number of ether oxygens (including phenoxy) is 1. The fraction of sp³-hybridized carbons (Fsp3) is 0.476. The van der Waals surface area contributed by atoms with E-state index in [0.717, 1.165) is 18.5 Å². The van der Waals surface area contributed by atoms with Gasteiger partial charge in [-0.3, -0.25) is 9.78 Å². The number of hydrogen-bond donors (Lipinski definition) is 1. The lowest BCUT2D eigenvalue weighted by atomic mass is 10.1. The zero-order chi connectivity index (χ0) is 21.3. The number of carbonyl (C=O) groups is 1. The minimum atomic E-state index is -0.544. The number of piperidine rings is 1. The molecule has 0 saturated carbocycles. The predicted octanol–water partition coefficient (Wildman–Crippen LogP) is 2.68. The maximum atomic E-state index is 12.6. The van der Waals surface area contributed by atoms with Crippen molar-refractivity contribution < 1.29 is 9.53 Å². The average molecular weight is 410 g/mol. The quantitative estimate of drug-likeness (QED) is 0.712. The fourth-order valence-electron chi connectivity index (χ4n) is 3.65. The van der Waals surface area contributed by atoms with Crippen molar-refractivity contribution >= 4 is 17.1 Å². The van der Waals surface area contributed by atoms with E-state index in [9.17, 15) is 9.59 Å². The third-order valence-corrected chi connectivity index (χ3v) is 4.98. The monoisotopic (exact) mass is 410 g/mol. The molecule has 4 heterocycles. The van der Waals surface area contributed by atoms with Crippen LogP contribution in [0.3, 0.4) is 0 Å². The summed E-state index contributed by atoms with van der Waals surface area (Å²) in [6, 6.07) is 5.57. The summed E-state index contributed by atoms with van der Waals surface area (Å²) in [5.74, 6) is 0.535. The topological polar surface area (TPSA) is 106 Å². The number of aromatic amines is 1. The lowest BCUT2D eigenvalue weighted by molar-refractivity contribution is 0.0169. The molecule has 0 aliphatic carbocycles. The van der Waals surface area contributed by atoms with E-state index >= 15 is 0 Å². The molecule has 1 N–H and O–H groups in total. The molecule has 9 heteroatoms. The molecule has 0 bridgehead atoms. The number of nitrogens with one attached hydrogen (secondary N) is 1. The number of fused-ring (bicyclic) bond motifs is 1. The van der Waals surface area contributed by atoms with Crippen molar-refractivity contribution in [3.05, 3.63) is 52.5 Å². The van der Waals surface area contributed by atoms with Gasteiger partial charge < -0.3 is 14.6 Å². The summed E-state index contributed by atoms with van der Waals surface area (Å²) in [4.78, 5) is 38.6. The number of hydrogen-bond acceptors (Lipinski definition) is 6. The molecule has 0 spiro atoms. The molecule has 1 amide bonds. The van der Waals surface area contributed by atoms with E-state index < -0.39 is 5.60 Å². The highest BCUT2D eigenvalue weighted by atomic mass is 16.6. The number of H-pyrrole nitrogens is 1. The van der Waals surface area contributed by atoms with Gasteiger partial charge in [0.05, 0.1) is 12.2 Å². The van der Waals surface area contributed by atoms with Crippen LogP contribution in [0.2, 0.25) is 0 Å². The van der Waals surface area contributed by atoms with E-state index in [1.807, 2.05) is 39.0 Å². The van der Waals surface area contributed by atoms with Crippen LogP contribution in [0, 0.1) is 0 Å². The van der Waals surface area contributed by atoms with Gasteiger partial charge in [0, 0.05) is 31.4 Å². The van der Waals surface area contributed by atoms with Crippen LogP contribution < -0.4 is 5.56 Å². The Kier molecular flexibility index (Phi) is 5.27. The summed E-state index contributed by atoms with van der Waals surface area (Å²) >= 11 is 0. The highest BCUT2D eigenvalue weighted by Crippen LogP contribution is 2.25. The van der Waals surface area contributed by atoms with Gasteiger partial charge in [-0.2, -0.15) is 5.10 Å². The Balaban J connectivity index is 1.60. The van der Waals surface area contributed by atoms with E-state index in [1.54, 1.807) is 15.8 Å². The van der Waals surface area contributed by atoms with Crippen LogP contribution in [0.25, 0.3) is 11.0 Å². The third kappa shape index (κ3) is 4.34. The first-order valence-electron chi connectivity index (χ1n) is 10.1. The van der Waals surface area contributed by atoms with E-state index in [4.69, 9.17) is 4.74 Å². The molecule has 0 radical (unpaired) electrons. The minimum Gasteiger partial charge on any atom is -0.444 e. The molecule has 1 saturated heterocycles. The van der Waals surface area contributed by atoms with E-state index in [-0.39, 0.29) is 17.7 Å². The summed E-state index contributed by atoms with van der Waals surface area (Å²) in [5.41, 5.74) is 0.579. The molecule has 1 unspecified atom stereocenters. The van der Waals surface area contributed by atoms with Crippen LogP contribution in [0.5, 0.6) is 0 Å². The first kappa shape index (κ1) is 20.1. The van der Waals surface area contributed by atoms with E-state index in [1.165, 1.54) is 6.20 Å². The number of aromatic nitrogens is 5. The number of amides is 1. The summed E-state index contributed by atoms with van der Waals surface area (Å²) in [6.45, 7) is 6.67. The fourth-order valence-corrected chi connectivity index (χ4v) is 3.65. The Morgan fingerprint density at radius 1 is 1.33 bits per heavy atom. The standard InChI is InChI=1S/C21H26N6O3/c1-21(2,3)30-20(29)26-10-6-8-15(13-26)27-18-16(12-23-27)19(28)25-17(24-18)11-14-7-4-5-9-22-14/h4-5,7,9,12,15H,6,8,10-11,13H2,1-3H3,(H,24,25,28). The second-order valence-electron chi connectivity index (χ2n) is 8.56. The van der Waals surface area contributed by atoms with Gasteiger partial charge in [-0.15, -0.1) is 0 Å². The number of carbonyl (C=O) groups excluding carboxylic acids is 1. The third-order valence-electron chi connectivity index (χ3n) is 4.98. The van der Waals surface area contributed by atoms with Crippen molar-refractivity contribution in [2.24, 2.45) is 0 Å². The number of pyridine rings is 1. The maximum absolute atomic E-state index is 12.6. The molecular weight excluding hydrogens is 384 g/mol. The van der Waals surface area contributed by atoms with Crippen molar-refractivity contribution in [2.75, 3.05) is 13.1 Å². The smallest absolute Gasteiger partial charge is 0.410 e. The zero-order valence-corrected chi connectivity index (χ0v) is 17.5. The van der Waals surface area contributed by atoms with Crippen LogP contribution >= 0.6 is 0 Å². The summed E-state index contributed by atoms with van der Waals surface area (Å²) in [5, 5.41) is 4.88. The molecule has 1 fully saturated rings. The summed E-state index contributed by atoms with van der Waals surface area (Å²) in [6.07, 6.45) is 5.02. The molecule has 1 aliphatic heterocycles. The molecule has 1 atom stereocenters. The normalized spacial score (nSPS) is 17.3. The first-order chi connectivity index (χ1) is 14.3. The first-order valence-corrected chi connectivity index (χ1v) is 10.1. The second kappa shape index (κ2) is 7.89. The van der Waals surface area contributed by atoms with Crippen molar-refractivity contribution in [3.63, 3.8) is 0 Å². The van der Waals surface area contributed by atoms with Crippen molar-refractivity contribution in [3.8, 4) is 0 Å². The Hall–Kier alpha value is -3.23. The summed E-state index contributed by atoms with van der Waals surface area (Å²) in [7, 11) is 0. The van der Waals surface area contributed by atoms with Gasteiger partial charge in [0.2, 0.25) is 0 Å². The number of nitrogens with zero attached hydrogens (tertiary/aromatic N) is 5. The Morgan fingerprint density at radius 2 is 2.17 bits per heavy atom. The molecule has 30 heavy (non-hydrogen) atoms. The maximum Gasteiger partial charge on any atom is 0.410 e. The Bertz CT molecular complexity index is 1100. The highest BCUT2D eigenvalue weighted by molar-refractivity contribution is 5.73. The SMILES string of the molecule is CC(C)(C)OC(=O)N1CCCC(n2ncc3c(=O)[nH]c(Cc4ccccn4)nc32)C1. The predicted molar refractivity (Wildman–Crippen MR) is 111 cm³/mol.